The van der Waals surface area contributed by atoms with Crippen LogP contribution in [-0.2, 0) is 0 Å². The molecule has 0 bridgehead atoms. The maximum absolute atomic E-state index is 12.7. The van der Waals surface area contributed by atoms with Crippen LogP contribution < -0.4 is 0 Å². The zero-order valence-corrected chi connectivity index (χ0v) is 6.69. The van der Waals surface area contributed by atoms with Crippen LogP contribution in [0.5, 0.6) is 0 Å². The number of alkyl halides is 1. The van der Waals surface area contributed by atoms with Crippen molar-refractivity contribution in [3.8, 4) is 0 Å². The fraction of sp³-hybridized carbons (Fsp3) is 1.00. The van der Waals surface area contributed by atoms with Crippen LogP contribution in [0.2, 0.25) is 0 Å². The van der Waals surface area contributed by atoms with Gasteiger partial charge in [0.2, 0.25) is 0 Å². The summed E-state index contributed by atoms with van der Waals surface area (Å²) in [7, 11) is 3.77. The Morgan fingerprint density at radius 2 is 1.78 bits per heavy atom. The van der Waals surface area contributed by atoms with Crippen LogP contribution >= 0.6 is 0 Å². The summed E-state index contributed by atoms with van der Waals surface area (Å²) in [5, 5.41) is 0. The Labute approximate surface area is 56.9 Å². The van der Waals surface area contributed by atoms with Gasteiger partial charge < -0.3 is 4.90 Å². The van der Waals surface area contributed by atoms with Gasteiger partial charge in [-0.15, -0.1) is 0 Å². The van der Waals surface area contributed by atoms with Crippen molar-refractivity contribution in [3.63, 3.8) is 0 Å². The van der Waals surface area contributed by atoms with E-state index in [1.165, 1.54) is 0 Å². The van der Waals surface area contributed by atoms with Gasteiger partial charge in [0.1, 0.15) is 6.17 Å². The first-order valence-electron chi connectivity index (χ1n) is 3.33. The summed E-state index contributed by atoms with van der Waals surface area (Å²) in [5.74, 6) is 0.146. The van der Waals surface area contributed by atoms with Gasteiger partial charge in [-0.25, -0.2) is 4.39 Å². The SMILES string of the molecule is CC(C)C(F)CN(C)C. The molecule has 0 saturated heterocycles. The van der Waals surface area contributed by atoms with E-state index >= 15 is 0 Å². The van der Waals surface area contributed by atoms with Crippen LogP contribution in [0, 0.1) is 5.92 Å². The minimum absolute atomic E-state index is 0.146. The third-order valence-electron chi connectivity index (χ3n) is 1.26. The molecule has 0 aromatic heterocycles. The van der Waals surface area contributed by atoms with Crippen LogP contribution in [0.3, 0.4) is 0 Å². The maximum atomic E-state index is 12.7. The average Bonchev–Trinajstić information content (AvgIpc) is 1.63. The Balaban J connectivity index is 3.38. The molecule has 1 nitrogen and oxygen atoms in total. The Morgan fingerprint density at radius 1 is 1.33 bits per heavy atom. The van der Waals surface area contributed by atoms with Crippen LogP contribution in [-0.4, -0.2) is 31.7 Å². The number of hydrogen-bond donors (Lipinski definition) is 0. The minimum Gasteiger partial charge on any atom is -0.307 e. The first-order valence-corrected chi connectivity index (χ1v) is 3.33. The molecule has 0 aliphatic carbocycles. The van der Waals surface area contributed by atoms with E-state index in [9.17, 15) is 4.39 Å². The van der Waals surface area contributed by atoms with E-state index in [0.29, 0.717) is 6.54 Å². The van der Waals surface area contributed by atoms with E-state index in [0.717, 1.165) is 0 Å². The minimum atomic E-state index is -0.681. The van der Waals surface area contributed by atoms with Crippen molar-refractivity contribution in [1.29, 1.82) is 0 Å². The Hall–Kier alpha value is -0.110. The molecular formula is C7H16FN. The van der Waals surface area contributed by atoms with Crippen molar-refractivity contribution >= 4 is 0 Å². The van der Waals surface area contributed by atoms with Crippen LogP contribution in [0.1, 0.15) is 13.8 Å². The summed E-state index contributed by atoms with van der Waals surface area (Å²) in [6.07, 6.45) is -0.681. The lowest BCUT2D eigenvalue weighted by atomic mass is 10.1. The Bertz CT molecular complexity index is 71.3. The van der Waals surface area contributed by atoms with Crippen molar-refractivity contribution < 1.29 is 4.39 Å². The van der Waals surface area contributed by atoms with Gasteiger partial charge in [0.05, 0.1) is 0 Å². The molecule has 0 fully saturated rings. The van der Waals surface area contributed by atoms with E-state index in [2.05, 4.69) is 0 Å². The largest absolute Gasteiger partial charge is 0.307 e. The summed E-state index contributed by atoms with van der Waals surface area (Å²) in [6, 6.07) is 0. The van der Waals surface area contributed by atoms with E-state index in [4.69, 9.17) is 0 Å². The van der Waals surface area contributed by atoms with Gasteiger partial charge in [-0.05, 0) is 20.0 Å². The first-order chi connectivity index (χ1) is 4.04. The molecule has 0 aromatic carbocycles. The Kier molecular flexibility index (Phi) is 3.78. The number of nitrogens with zero attached hydrogens (tertiary/aromatic N) is 1. The van der Waals surface area contributed by atoms with Crippen molar-refractivity contribution in [3.05, 3.63) is 0 Å². The molecule has 1 unspecified atom stereocenters. The second kappa shape index (κ2) is 3.83. The zero-order chi connectivity index (χ0) is 7.44. The predicted octanol–water partition coefficient (Wildman–Crippen LogP) is 1.54. The van der Waals surface area contributed by atoms with Gasteiger partial charge in [-0.1, -0.05) is 13.8 Å². The monoisotopic (exact) mass is 133 g/mol. The van der Waals surface area contributed by atoms with Gasteiger partial charge in [0.25, 0.3) is 0 Å². The van der Waals surface area contributed by atoms with Crippen molar-refractivity contribution in [2.24, 2.45) is 5.92 Å². The molecule has 0 amide bonds. The number of hydrogen-bond acceptors (Lipinski definition) is 1. The van der Waals surface area contributed by atoms with Gasteiger partial charge in [-0.2, -0.15) is 0 Å². The molecule has 0 aliphatic rings. The second-order valence-corrected chi connectivity index (χ2v) is 3.02. The van der Waals surface area contributed by atoms with Gasteiger partial charge in [0, 0.05) is 6.54 Å². The van der Waals surface area contributed by atoms with Crippen molar-refractivity contribution in [1.82, 2.24) is 4.90 Å². The summed E-state index contributed by atoms with van der Waals surface area (Å²) in [6.45, 7) is 4.33. The Morgan fingerprint density at radius 3 is 1.89 bits per heavy atom. The summed E-state index contributed by atoms with van der Waals surface area (Å²) in [4.78, 5) is 1.87. The highest BCUT2D eigenvalue weighted by Gasteiger charge is 2.11. The number of rotatable bonds is 3. The maximum Gasteiger partial charge on any atom is 0.115 e. The molecule has 1 atom stereocenters. The second-order valence-electron chi connectivity index (χ2n) is 3.02. The molecule has 0 aliphatic heterocycles. The molecule has 56 valence electrons. The lowest BCUT2D eigenvalue weighted by molar-refractivity contribution is 0.195. The molecule has 0 heterocycles. The van der Waals surface area contributed by atoms with E-state index in [1.54, 1.807) is 0 Å². The highest BCUT2D eigenvalue weighted by Crippen LogP contribution is 2.05. The summed E-state index contributed by atoms with van der Waals surface area (Å²) >= 11 is 0. The van der Waals surface area contributed by atoms with Gasteiger partial charge in [0.15, 0.2) is 0 Å². The molecule has 0 aromatic rings. The molecule has 0 saturated carbocycles. The molecule has 0 radical (unpaired) electrons. The topological polar surface area (TPSA) is 3.24 Å². The van der Waals surface area contributed by atoms with Gasteiger partial charge >= 0.3 is 0 Å². The fourth-order valence-corrected chi connectivity index (χ4v) is 0.560. The predicted molar refractivity (Wildman–Crippen MR) is 38.3 cm³/mol. The molecular weight excluding hydrogens is 117 g/mol. The van der Waals surface area contributed by atoms with Crippen molar-refractivity contribution in [2.75, 3.05) is 20.6 Å². The third-order valence-corrected chi connectivity index (χ3v) is 1.26. The molecule has 0 spiro atoms. The van der Waals surface area contributed by atoms with E-state index in [1.807, 2.05) is 32.8 Å². The highest BCUT2D eigenvalue weighted by atomic mass is 19.1. The lowest BCUT2D eigenvalue weighted by Gasteiger charge is -2.16. The third kappa shape index (κ3) is 4.40. The van der Waals surface area contributed by atoms with Crippen molar-refractivity contribution in [2.45, 2.75) is 20.0 Å². The standard InChI is InChI=1S/C7H16FN/c1-6(2)7(8)5-9(3)4/h6-7H,5H2,1-4H3. The highest BCUT2D eigenvalue weighted by molar-refractivity contribution is 4.62. The molecule has 0 rings (SSSR count). The lowest BCUT2D eigenvalue weighted by Crippen LogP contribution is -2.26. The summed E-state index contributed by atoms with van der Waals surface area (Å²) < 4.78 is 12.7. The fourth-order valence-electron chi connectivity index (χ4n) is 0.560. The smallest absolute Gasteiger partial charge is 0.115 e. The normalized spacial score (nSPS) is 15.0. The van der Waals surface area contributed by atoms with E-state index in [-0.39, 0.29) is 5.92 Å². The van der Waals surface area contributed by atoms with Crippen LogP contribution in [0.25, 0.3) is 0 Å². The summed E-state index contributed by atoms with van der Waals surface area (Å²) in [5.41, 5.74) is 0. The van der Waals surface area contributed by atoms with Gasteiger partial charge in [-0.3, -0.25) is 0 Å². The molecule has 0 N–H and O–H groups in total. The zero-order valence-electron chi connectivity index (χ0n) is 6.69. The number of halogens is 1. The van der Waals surface area contributed by atoms with E-state index < -0.39 is 6.17 Å². The van der Waals surface area contributed by atoms with Crippen LogP contribution in [0.15, 0.2) is 0 Å². The first kappa shape index (κ1) is 8.89. The average molecular weight is 133 g/mol. The van der Waals surface area contributed by atoms with Crippen LogP contribution in [0.4, 0.5) is 4.39 Å². The molecule has 2 heteroatoms. The quantitative estimate of drug-likeness (QED) is 0.564. The molecule has 9 heavy (non-hydrogen) atoms.